The van der Waals surface area contributed by atoms with E-state index in [0.29, 0.717) is 33.8 Å². The third kappa shape index (κ3) is 12.1. The number of aromatic nitrogens is 2. The summed E-state index contributed by atoms with van der Waals surface area (Å²) in [4.78, 5) is 79.4. The number of carbonyl (C=O) groups is 5. The number of amides is 5. The fourth-order valence-corrected chi connectivity index (χ4v) is 7.16. The Morgan fingerprint density at radius 2 is 1.58 bits per heavy atom. The number of rotatable bonds is 15. The van der Waals surface area contributed by atoms with Crippen molar-refractivity contribution in [3.63, 3.8) is 0 Å². The largest absolute Gasteiger partial charge is 0.493 e. The number of ether oxygens (including phenoxy) is 2. The van der Waals surface area contributed by atoms with E-state index in [9.17, 15) is 29.1 Å². The lowest BCUT2D eigenvalue weighted by Gasteiger charge is -2.32. The molecular weight excluding hydrogens is 835 g/mol. The van der Waals surface area contributed by atoms with Gasteiger partial charge in [0.25, 0.3) is 5.91 Å². The number of nitrogens with one attached hydrogen (secondary N) is 4. The van der Waals surface area contributed by atoms with Crippen molar-refractivity contribution in [1.29, 1.82) is 5.26 Å². The Morgan fingerprint density at radius 3 is 2.18 bits per heavy atom. The maximum Gasteiger partial charge on any atom is 0.259 e. The zero-order valence-corrected chi connectivity index (χ0v) is 37.1. The van der Waals surface area contributed by atoms with Crippen LogP contribution in [0, 0.1) is 11.3 Å². The average molecular weight is 892 g/mol. The van der Waals surface area contributed by atoms with Crippen LogP contribution in [0.25, 0.3) is 22.5 Å². The summed E-state index contributed by atoms with van der Waals surface area (Å²) >= 11 is 0. The minimum absolute atomic E-state index is 0.0138. The maximum absolute atomic E-state index is 14.6. The van der Waals surface area contributed by atoms with Gasteiger partial charge in [-0.15, -0.1) is 0 Å². The van der Waals surface area contributed by atoms with E-state index < -0.39 is 59.6 Å². The van der Waals surface area contributed by atoms with Crippen LogP contribution in [0.3, 0.4) is 0 Å². The number of nitriles is 1. The standard InChI is InChI=1S/C46H57N11O8/c1-26-40(58)55-35(43(61)51-19-16-48)23-27-6-12-36(64-20-17-49)31(22-27)32-24-29(9-13-37(32)65-21-18-50)38(44(62)53-26)57(5)45(63)34(14-15-47)54-41(59)33-25-52-39(56-42(33)60)28-7-10-30(11-8-28)46(2,3)4/h6-13,22,24-26,34-35,38H,14-15,17-21,23,47,49-50H2,1-5H3,(H,51,61)(H,53,62)(H,54,59)(H,55,58)(H,52,56,60)/t26-,34-,35-,38-/m0/s1. The van der Waals surface area contributed by atoms with Crippen molar-refractivity contribution in [2.24, 2.45) is 17.2 Å². The van der Waals surface area contributed by atoms with Crippen LogP contribution in [0.5, 0.6) is 17.4 Å². The summed E-state index contributed by atoms with van der Waals surface area (Å²) in [5.41, 5.74) is 20.6. The molecule has 0 unspecified atom stereocenters. The number of nitrogens with zero attached hydrogens (tertiary/aromatic N) is 4. The van der Waals surface area contributed by atoms with E-state index in [0.717, 1.165) is 16.7 Å². The van der Waals surface area contributed by atoms with Crippen LogP contribution in [0.4, 0.5) is 0 Å². The van der Waals surface area contributed by atoms with Crippen LogP contribution in [-0.4, -0.2) is 114 Å². The summed E-state index contributed by atoms with van der Waals surface area (Å²) < 4.78 is 12.1. The normalized spacial score (nSPS) is 16.7. The number of hydrogen-bond donors (Lipinski definition) is 8. The number of carbonyl (C=O) groups excluding carboxylic acids is 5. The third-order valence-electron chi connectivity index (χ3n) is 10.6. The van der Waals surface area contributed by atoms with Gasteiger partial charge in [-0.3, -0.25) is 24.0 Å². The number of hydrogen-bond acceptors (Lipinski definition) is 14. The minimum Gasteiger partial charge on any atom is -0.493 e. The number of nitrogens with two attached hydrogens (primary N) is 3. The summed E-state index contributed by atoms with van der Waals surface area (Å²) in [6.07, 6.45) is 1.06. The minimum atomic E-state index is -1.45. The topological polar surface area (TPSA) is 303 Å². The molecule has 5 rings (SSSR count). The van der Waals surface area contributed by atoms with Crippen LogP contribution in [0.15, 0.2) is 66.9 Å². The predicted molar refractivity (Wildman–Crippen MR) is 241 cm³/mol. The van der Waals surface area contributed by atoms with Gasteiger partial charge in [-0.25, -0.2) is 4.98 Å². The van der Waals surface area contributed by atoms with Gasteiger partial charge in [0.2, 0.25) is 29.5 Å². The van der Waals surface area contributed by atoms with Gasteiger partial charge in [0.05, 0.1) is 6.07 Å². The molecule has 19 nitrogen and oxygen atoms in total. The molecule has 19 heteroatoms. The molecule has 0 spiro atoms. The molecule has 0 fully saturated rings. The molecule has 4 aromatic rings. The van der Waals surface area contributed by atoms with E-state index in [1.54, 1.807) is 36.4 Å². The maximum atomic E-state index is 14.6. The van der Waals surface area contributed by atoms with Gasteiger partial charge in [-0.1, -0.05) is 57.2 Å². The molecule has 2 heterocycles. The van der Waals surface area contributed by atoms with Crippen LogP contribution >= 0.6 is 0 Å². The predicted octanol–water partition coefficient (Wildman–Crippen LogP) is 1.32. The molecule has 5 amide bonds. The second-order valence-corrected chi connectivity index (χ2v) is 16.4. The first-order valence-corrected chi connectivity index (χ1v) is 21.1. The molecule has 0 aliphatic carbocycles. The molecule has 3 aromatic carbocycles. The molecular formula is C46H57N11O8. The molecule has 0 radical (unpaired) electrons. The zero-order valence-electron chi connectivity index (χ0n) is 37.1. The lowest BCUT2D eigenvalue weighted by Crippen LogP contribution is -2.56. The molecule has 1 aliphatic heterocycles. The smallest absolute Gasteiger partial charge is 0.259 e. The number of likely N-dealkylation sites (N-methyl/N-ethyl adjacent to an activating group) is 1. The third-order valence-corrected chi connectivity index (χ3v) is 10.6. The van der Waals surface area contributed by atoms with Gasteiger partial charge in [0.15, 0.2) is 5.82 Å². The van der Waals surface area contributed by atoms with Crippen molar-refractivity contribution in [1.82, 2.24) is 36.1 Å². The van der Waals surface area contributed by atoms with Crippen molar-refractivity contribution in [3.05, 3.63) is 89.1 Å². The van der Waals surface area contributed by atoms with E-state index in [2.05, 4.69) is 52.0 Å². The summed E-state index contributed by atoms with van der Waals surface area (Å²) in [5.74, 6) is -3.49. The summed E-state index contributed by atoms with van der Waals surface area (Å²) in [7, 11) is 1.36. The van der Waals surface area contributed by atoms with Crippen LogP contribution in [0.2, 0.25) is 0 Å². The van der Waals surface area contributed by atoms with Crippen LogP contribution in [0.1, 0.15) is 67.2 Å². The Kier molecular flexibility index (Phi) is 16.5. The highest BCUT2D eigenvalue weighted by Crippen LogP contribution is 2.40. The quantitative estimate of drug-likeness (QED) is 0.0782. The van der Waals surface area contributed by atoms with E-state index in [1.165, 1.54) is 14.0 Å². The highest BCUT2D eigenvalue weighted by molar-refractivity contribution is 6.00. The van der Waals surface area contributed by atoms with Gasteiger partial charge in [0, 0.05) is 49.4 Å². The Hall–Kier alpha value is -7.14. The molecule has 4 atom stereocenters. The van der Waals surface area contributed by atoms with Crippen molar-refractivity contribution < 1.29 is 38.6 Å². The highest BCUT2D eigenvalue weighted by atomic mass is 16.5. The number of aromatic hydroxyl groups is 1. The first kappa shape index (κ1) is 48.9. The van der Waals surface area contributed by atoms with Crippen LogP contribution in [-0.2, 0) is 31.0 Å². The monoisotopic (exact) mass is 891 g/mol. The van der Waals surface area contributed by atoms with E-state index in [-0.39, 0.29) is 74.6 Å². The fraction of sp³-hybridized carbons (Fsp3) is 0.391. The zero-order chi connectivity index (χ0) is 47.4. The molecule has 65 heavy (non-hydrogen) atoms. The van der Waals surface area contributed by atoms with Crippen molar-refractivity contribution in [2.45, 2.75) is 70.1 Å². The number of benzene rings is 3. The molecule has 1 aromatic heterocycles. The second-order valence-electron chi connectivity index (χ2n) is 16.4. The summed E-state index contributed by atoms with van der Waals surface area (Å²) in [6.45, 7) is 7.89. The van der Waals surface area contributed by atoms with E-state index in [1.807, 2.05) is 30.3 Å². The van der Waals surface area contributed by atoms with E-state index >= 15 is 0 Å². The Morgan fingerprint density at radius 1 is 0.938 bits per heavy atom. The Balaban J connectivity index is 1.55. The average Bonchev–Trinajstić information content (AvgIpc) is 3.28. The lowest BCUT2D eigenvalue weighted by atomic mass is 9.87. The molecule has 1 aliphatic rings. The summed E-state index contributed by atoms with van der Waals surface area (Å²) in [6, 6.07) is 14.2. The lowest BCUT2D eigenvalue weighted by molar-refractivity contribution is -0.141. The van der Waals surface area contributed by atoms with Gasteiger partial charge < -0.3 is 57.9 Å². The van der Waals surface area contributed by atoms with Crippen molar-refractivity contribution in [2.75, 3.05) is 46.4 Å². The van der Waals surface area contributed by atoms with Gasteiger partial charge >= 0.3 is 0 Å². The second kappa shape index (κ2) is 22.0. The number of fused-ring (bicyclic) bond motifs is 5. The van der Waals surface area contributed by atoms with Gasteiger partial charge in [-0.2, -0.15) is 10.2 Å². The molecule has 11 N–H and O–H groups in total. The van der Waals surface area contributed by atoms with E-state index in [4.69, 9.17) is 31.9 Å². The first-order chi connectivity index (χ1) is 31.0. The molecule has 0 saturated carbocycles. The summed E-state index contributed by atoms with van der Waals surface area (Å²) in [5, 5.41) is 30.6. The van der Waals surface area contributed by atoms with Crippen molar-refractivity contribution in [3.8, 4) is 46.0 Å². The van der Waals surface area contributed by atoms with Gasteiger partial charge in [0.1, 0.15) is 61.0 Å². The SMILES string of the molecule is C[C@@H]1NC(=O)[C@@H](N(C)C(=O)[C@H](CCN)NC(=O)c2cnc(-c3ccc(C(C)(C)C)cc3)nc2O)c2ccc(OCCN)c(c2)-c2cc(ccc2OCCN)C[C@@H](C(=O)NCC#N)NC1=O. The fourth-order valence-electron chi connectivity index (χ4n) is 7.16. The first-order valence-electron chi connectivity index (χ1n) is 21.1. The Labute approximate surface area is 377 Å². The molecule has 344 valence electrons. The molecule has 4 bridgehead atoms. The van der Waals surface area contributed by atoms with Crippen molar-refractivity contribution >= 4 is 29.5 Å². The highest BCUT2D eigenvalue weighted by Gasteiger charge is 2.36. The van der Waals surface area contributed by atoms with Gasteiger partial charge in [-0.05, 0) is 66.3 Å². The molecule has 0 saturated heterocycles. The van der Waals surface area contributed by atoms with Crippen LogP contribution < -0.4 is 47.9 Å². The Bertz CT molecular complexity index is 2420.